The van der Waals surface area contributed by atoms with E-state index in [2.05, 4.69) is 63.2 Å². The fourth-order valence-corrected chi connectivity index (χ4v) is 2.49. The Bertz CT molecular complexity index is 769. The van der Waals surface area contributed by atoms with Gasteiger partial charge in [0.15, 0.2) is 0 Å². The summed E-state index contributed by atoms with van der Waals surface area (Å²) < 4.78 is 0. The van der Waals surface area contributed by atoms with E-state index in [0.717, 1.165) is 16.6 Å². The Kier molecular flexibility index (Phi) is 2.98. The van der Waals surface area contributed by atoms with Crippen LogP contribution in [0.3, 0.4) is 0 Å². The maximum Gasteiger partial charge on any atom is 0.0784 e. The van der Waals surface area contributed by atoms with Gasteiger partial charge in [-0.15, -0.1) is 0 Å². The van der Waals surface area contributed by atoms with Crippen LogP contribution in [0.15, 0.2) is 48.5 Å². The van der Waals surface area contributed by atoms with Crippen molar-refractivity contribution < 1.29 is 0 Å². The van der Waals surface area contributed by atoms with Gasteiger partial charge in [-0.25, -0.2) is 0 Å². The number of nitrogens with zero attached hydrogens (tertiary/aromatic N) is 1. The molecule has 3 rings (SSSR count). The molecule has 0 bridgehead atoms. The lowest BCUT2D eigenvalue weighted by atomic mass is 9.85. The minimum absolute atomic E-state index is 0.00522. The van der Waals surface area contributed by atoms with Gasteiger partial charge in [0.2, 0.25) is 0 Å². The molecule has 1 aromatic heterocycles. The number of pyridine rings is 1. The van der Waals surface area contributed by atoms with E-state index in [1.165, 1.54) is 10.8 Å². The number of aromatic nitrogens is 1. The van der Waals surface area contributed by atoms with Crippen molar-refractivity contribution in [1.29, 1.82) is 0 Å². The number of benzene rings is 2. The topological polar surface area (TPSA) is 38.9 Å². The summed E-state index contributed by atoms with van der Waals surface area (Å²) in [6.07, 6.45) is 0. The van der Waals surface area contributed by atoms with Gasteiger partial charge in [0, 0.05) is 10.8 Å². The molecule has 0 aliphatic carbocycles. The summed E-state index contributed by atoms with van der Waals surface area (Å²) in [6.45, 7) is 6.44. The summed E-state index contributed by atoms with van der Waals surface area (Å²) in [6, 6.07) is 16.7. The lowest BCUT2D eigenvalue weighted by Gasteiger charge is -2.26. The second-order valence-corrected chi connectivity index (χ2v) is 6.44. The summed E-state index contributed by atoms with van der Waals surface area (Å²) in [5.74, 6) is 0. The number of hydrogen-bond acceptors (Lipinski definition) is 2. The van der Waals surface area contributed by atoms with Crippen molar-refractivity contribution in [3.05, 3.63) is 54.2 Å². The molecule has 2 N–H and O–H groups in total. The van der Waals surface area contributed by atoms with E-state index < -0.39 is 0 Å². The fraction of sp³-hybridized carbons (Fsp3) is 0.278. The van der Waals surface area contributed by atoms with Crippen LogP contribution in [0.25, 0.3) is 21.7 Å². The van der Waals surface area contributed by atoms with Gasteiger partial charge in [-0.3, -0.25) is 4.98 Å². The van der Waals surface area contributed by atoms with Gasteiger partial charge in [-0.1, -0.05) is 63.2 Å². The van der Waals surface area contributed by atoms with E-state index in [1.54, 1.807) is 0 Å². The van der Waals surface area contributed by atoms with Crippen LogP contribution in [-0.2, 0) is 0 Å². The molecule has 2 aromatic carbocycles. The van der Waals surface area contributed by atoms with Crippen LogP contribution in [-0.4, -0.2) is 4.98 Å². The minimum atomic E-state index is -0.0640. The Labute approximate surface area is 119 Å². The van der Waals surface area contributed by atoms with Crippen molar-refractivity contribution in [2.45, 2.75) is 26.8 Å². The molecular formula is C18H20N2. The predicted octanol–water partition coefficient (Wildman–Crippen LogP) is 4.43. The predicted molar refractivity (Wildman–Crippen MR) is 85.6 cm³/mol. The number of nitrogens with two attached hydrogens (primary N) is 1. The zero-order valence-corrected chi connectivity index (χ0v) is 12.2. The third-order valence-electron chi connectivity index (χ3n) is 3.86. The molecule has 1 heterocycles. The molecule has 0 saturated heterocycles. The van der Waals surface area contributed by atoms with Crippen molar-refractivity contribution in [3.8, 4) is 0 Å². The maximum absolute atomic E-state index is 6.34. The van der Waals surface area contributed by atoms with Crippen molar-refractivity contribution in [2.75, 3.05) is 0 Å². The summed E-state index contributed by atoms with van der Waals surface area (Å²) in [5, 5.41) is 3.57. The van der Waals surface area contributed by atoms with Crippen LogP contribution in [0.2, 0.25) is 0 Å². The summed E-state index contributed by atoms with van der Waals surface area (Å²) in [5.41, 5.74) is 8.35. The summed E-state index contributed by atoms with van der Waals surface area (Å²) in [7, 11) is 0. The van der Waals surface area contributed by atoms with E-state index in [-0.39, 0.29) is 11.5 Å². The molecule has 0 spiro atoms. The third-order valence-corrected chi connectivity index (χ3v) is 3.86. The highest BCUT2D eigenvalue weighted by molar-refractivity contribution is 6.05. The van der Waals surface area contributed by atoms with Crippen molar-refractivity contribution in [2.24, 2.45) is 11.1 Å². The van der Waals surface area contributed by atoms with Gasteiger partial charge in [-0.2, -0.15) is 0 Å². The van der Waals surface area contributed by atoms with E-state index in [4.69, 9.17) is 10.7 Å². The van der Waals surface area contributed by atoms with Gasteiger partial charge in [0.25, 0.3) is 0 Å². The normalized spacial score (nSPS) is 13.8. The molecule has 0 amide bonds. The highest BCUT2D eigenvalue weighted by atomic mass is 14.8. The second kappa shape index (κ2) is 4.57. The lowest BCUT2D eigenvalue weighted by Crippen LogP contribution is -2.27. The van der Waals surface area contributed by atoms with Gasteiger partial charge in [0.05, 0.1) is 17.3 Å². The molecule has 0 saturated carbocycles. The molecule has 1 unspecified atom stereocenters. The number of hydrogen-bond donors (Lipinski definition) is 1. The van der Waals surface area contributed by atoms with E-state index >= 15 is 0 Å². The van der Waals surface area contributed by atoms with Gasteiger partial charge >= 0.3 is 0 Å². The van der Waals surface area contributed by atoms with E-state index in [9.17, 15) is 0 Å². The Morgan fingerprint density at radius 2 is 1.55 bits per heavy atom. The average molecular weight is 264 g/mol. The molecule has 102 valence electrons. The largest absolute Gasteiger partial charge is 0.322 e. The third kappa shape index (κ3) is 2.16. The van der Waals surface area contributed by atoms with Crippen molar-refractivity contribution in [3.63, 3.8) is 0 Å². The maximum atomic E-state index is 6.34. The highest BCUT2D eigenvalue weighted by Gasteiger charge is 2.23. The zero-order chi connectivity index (χ0) is 14.3. The Morgan fingerprint density at radius 1 is 0.900 bits per heavy atom. The van der Waals surface area contributed by atoms with Crippen LogP contribution >= 0.6 is 0 Å². The zero-order valence-electron chi connectivity index (χ0n) is 12.2. The molecular weight excluding hydrogens is 244 g/mol. The van der Waals surface area contributed by atoms with Crippen LogP contribution in [0.5, 0.6) is 0 Å². The molecule has 2 heteroatoms. The second-order valence-electron chi connectivity index (χ2n) is 6.44. The SMILES string of the molecule is CC(C)(C)C(N)c1ccc2ccc3ccccc3c2n1. The Balaban J connectivity index is 2.26. The monoisotopic (exact) mass is 264 g/mol. The first-order chi connectivity index (χ1) is 9.47. The molecule has 0 aliphatic heterocycles. The van der Waals surface area contributed by atoms with Crippen LogP contribution < -0.4 is 5.73 Å². The first-order valence-electron chi connectivity index (χ1n) is 7.01. The standard InChI is InChI=1S/C18H20N2/c1-18(2,3)17(19)15-11-10-13-9-8-12-6-4-5-7-14(12)16(13)20-15/h4-11,17H,19H2,1-3H3. The molecule has 3 aromatic rings. The minimum Gasteiger partial charge on any atom is -0.322 e. The van der Waals surface area contributed by atoms with Crippen LogP contribution in [0.4, 0.5) is 0 Å². The highest BCUT2D eigenvalue weighted by Crippen LogP contribution is 2.31. The Hall–Kier alpha value is -1.93. The molecule has 1 atom stereocenters. The van der Waals surface area contributed by atoms with Gasteiger partial charge in [0.1, 0.15) is 0 Å². The molecule has 0 fully saturated rings. The van der Waals surface area contributed by atoms with Gasteiger partial charge in [-0.05, 0) is 16.9 Å². The molecule has 0 radical (unpaired) electrons. The lowest BCUT2D eigenvalue weighted by molar-refractivity contribution is 0.322. The summed E-state index contributed by atoms with van der Waals surface area (Å²) >= 11 is 0. The first kappa shape index (κ1) is 13.1. The number of rotatable bonds is 1. The summed E-state index contributed by atoms with van der Waals surface area (Å²) in [4.78, 5) is 4.84. The van der Waals surface area contributed by atoms with Gasteiger partial charge < -0.3 is 5.73 Å². The van der Waals surface area contributed by atoms with Crippen molar-refractivity contribution >= 4 is 21.7 Å². The fourth-order valence-electron chi connectivity index (χ4n) is 2.49. The van der Waals surface area contributed by atoms with E-state index in [0.29, 0.717) is 0 Å². The first-order valence-corrected chi connectivity index (χ1v) is 7.01. The van der Waals surface area contributed by atoms with E-state index in [1.807, 2.05) is 6.07 Å². The molecule has 2 nitrogen and oxygen atoms in total. The molecule has 20 heavy (non-hydrogen) atoms. The average Bonchev–Trinajstić information content (AvgIpc) is 2.45. The van der Waals surface area contributed by atoms with Crippen LogP contribution in [0, 0.1) is 5.41 Å². The van der Waals surface area contributed by atoms with Crippen LogP contribution in [0.1, 0.15) is 32.5 Å². The van der Waals surface area contributed by atoms with Crippen molar-refractivity contribution in [1.82, 2.24) is 4.98 Å². The molecule has 0 aliphatic rings. The quantitative estimate of drug-likeness (QED) is 0.660. The Morgan fingerprint density at radius 3 is 2.30 bits per heavy atom. The number of fused-ring (bicyclic) bond motifs is 3. The smallest absolute Gasteiger partial charge is 0.0784 e.